The fourth-order valence-electron chi connectivity index (χ4n) is 3.50. The Morgan fingerprint density at radius 3 is 2.38 bits per heavy atom. The third-order valence-corrected chi connectivity index (χ3v) is 4.70. The van der Waals surface area contributed by atoms with Crippen molar-refractivity contribution in [3.8, 4) is 0 Å². The average Bonchev–Trinajstić information content (AvgIpc) is 2.33. The summed E-state index contributed by atoms with van der Waals surface area (Å²) in [5, 5.41) is 0. The van der Waals surface area contributed by atoms with E-state index >= 15 is 0 Å². The summed E-state index contributed by atoms with van der Waals surface area (Å²) < 4.78 is 6.34. The zero-order valence-electron chi connectivity index (χ0n) is 11.1. The zero-order valence-corrected chi connectivity index (χ0v) is 11.1. The summed E-state index contributed by atoms with van der Waals surface area (Å²) in [5.41, 5.74) is 0. The lowest BCUT2D eigenvalue weighted by molar-refractivity contribution is -0.0757. The molecule has 3 atom stereocenters. The molecule has 94 valence electrons. The van der Waals surface area contributed by atoms with E-state index in [0.717, 1.165) is 11.8 Å². The molecule has 2 aliphatic carbocycles. The van der Waals surface area contributed by atoms with Gasteiger partial charge in [0.05, 0.1) is 12.2 Å². The van der Waals surface area contributed by atoms with E-state index in [-0.39, 0.29) is 0 Å². The monoisotopic (exact) mass is 224 g/mol. The van der Waals surface area contributed by atoms with E-state index in [4.69, 9.17) is 4.74 Å². The van der Waals surface area contributed by atoms with Crippen molar-refractivity contribution in [3.63, 3.8) is 0 Å². The Kier molecular flexibility index (Phi) is 4.69. The minimum absolute atomic E-state index is 0.575. The van der Waals surface area contributed by atoms with Crippen molar-refractivity contribution in [2.24, 2.45) is 11.8 Å². The van der Waals surface area contributed by atoms with Gasteiger partial charge in [0, 0.05) is 0 Å². The molecule has 0 radical (unpaired) electrons. The summed E-state index contributed by atoms with van der Waals surface area (Å²) in [5.74, 6) is 1.77. The van der Waals surface area contributed by atoms with Crippen molar-refractivity contribution in [1.82, 2.24) is 0 Å². The lowest BCUT2D eigenvalue weighted by atomic mass is 9.79. The van der Waals surface area contributed by atoms with E-state index in [9.17, 15) is 0 Å². The molecule has 0 aromatic heterocycles. The van der Waals surface area contributed by atoms with Gasteiger partial charge in [-0.1, -0.05) is 39.5 Å². The van der Waals surface area contributed by atoms with Crippen LogP contribution < -0.4 is 0 Å². The molecular weight excluding hydrogens is 196 g/mol. The van der Waals surface area contributed by atoms with E-state index in [0.29, 0.717) is 12.2 Å². The van der Waals surface area contributed by atoms with Crippen LogP contribution in [0.4, 0.5) is 0 Å². The van der Waals surface area contributed by atoms with Crippen molar-refractivity contribution in [2.75, 3.05) is 0 Å². The third kappa shape index (κ3) is 3.23. The predicted octanol–water partition coefficient (Wildman–Crippen LogP) is 4.55. The van der Waals surface area contributed by atoms with Gasteiger partial charge in [0.1, 0.15) is 0 Å². The minimum atomic E-state index is 0.575. The molecule has 0 aliphatic heterocycles. The molecule has 3 unspecified atom stereocenters. The highest BCUT2D eigenvalue weighted by Crippen LogP contribution is 2.34. The van der Waals surface area contributed by atoms with Gasteiger partial charge in [0.2, 0.25) is 0 Å². The Bertz CT molecular complexity index is 196. The summed E-state index contributed by atoms with van der Waals surface area (Å²) in [4.78, 5) is 0. The average molecular weight is 224 g/mol. The van der Waals surface area contributed by atoms with Gasteiger partial charge in [-0.05, 0) is 43.9 Å². The lowest BCUT2D eigenvalue weighted by Gasteiger charge is -2.37. The molecule has 0 saturated heterocycles. The topological polar surface area (TPSA) is 9.23 Å². The van der Waals surface area contributed by atoms with Crippen LogP contribution >= 0.6 is 0 Å². The van der Waals surface area contributed by atoms with E-state index < -0.39 is 0 Å². The first kappa shape index (κ1) is 12.4. The molecule has 1 heteroatoms. The summed E-state index contributed by atoms with van der Waals surface area (Å²) >= 11 is 0. The van der Waals surface area contributed by atoms with Crippen molar-refractivity contribution in [3.05, 3.63) is 0 Å². The Labute approximate surface area is 101 Å². The fourth-order valence-corrected chi connectivity index (χ4v) is 3.50. The normalized spacial score (nSPS) is 37.5. The molecular formula is C15H28O. The van der Waals surface area contributed by atoms with Crippen molar-refractivity contribution < 1.29 is 4.74 Å². The molecule has 16 heavy (non-hydrogen) atoms. The minimum Gasteiger partial charge on any atom is -0.375 e. The highest BCUT2D eigenvalue weighted by atomic mass is 16.5. The van der Waals surface area contributed by atoms with Crippen LogP contribution in [0.2, 0.25) is 0 Å². The van der Waals surface area contributed by atoms with Crippen LogP contribution in [-0.4, -0.2) is 12.2 Å². The molecule has 0 amide bonds. The first-order valence-electron chi connectivity index (χ1n) is 7.45. The van der Waals surface area contributed by atoms with Crippen LogP contribution in [0.1, 0.15) is 71.6 Å². The van der Waals surface area contributed by atoms with Gasteiger partial charge >= 0.3 is 0 Å². The van der Waals surface area contributed by atoms with Crippen LogP contribution in [0.5, 0.6) is 0 Å². The van der Waals surface area contributed by atoms with E-state index in [1.54, 1.807) is 0 Å². The van der Waals surface area contributed by atoms with Gasteiger partial charge in [-0.2, -0.15) is 0 Å². The lowest BCUT2D eigenvalue weighted by Crippen LogP contribution is -2.33. The highest BCUT2D eigenvalue weighted by Gasteiger charge is 2.29. The Balaban J connectivity index is 1.76. The van der Waals surface area contributed by atoms with Crippen molar-refractivity contribution in [2.45, 2.75) is 83.8 Å². The molecule has 0 aromatic carbocycles. The van der Waals surface area contributed by atoms with Gasteiger partial charge in [0.15, 0.2) is 0 Å². The van der Waals surface area contributed by atoms with E-state index in [1.165, 1.54) is 57.8 Å². The van der Waals surface area contributed by atoms with Gasteiger partial charge in [-0.3, -0.25) is 0 Å². The van der Waals surface area contributed by atoms with Crippen LogP contribution in [0.3, 0.4) is 0 Å². The summed E-state index contributed by atoms with van der Waals surface area (Å²) in [7, 11) is 0. The molecule has 2 rings (SSSR count). The second-order valence-corrected chi connectivity index (χ2v) is 6.00. The second kappa shape index (κ2) is 6.05. The van der Waals surface area contributed by atoms with Crippen LogP contribution in [0, 0.1) is 11.8 Å². The van der Waals surface area contributed by atoms with Crippen LogP contribution in [0.15, 0.2) is 0 Å². The summed E-state index contributed by atoms with van der Waals surface area (Å²) in [6, 6.07) is 0. The molecule has 0 N–H and O–H groups in total. The Hall–Kier alpha value is -0.0400. The third-order valence-electron chi connectivity index (χ3n) is 4.70. The summed E-state index contributed by atoms with van der Waals surface area (Å²) in [6.07, 6.45) is 13.5. The molecule has 0 aromatic rings. The standard InChI is InChI=1S/C15H28O/c1-3-13-9-10-15(12(2)11-13)16-14-7-5-4-6-8-14/h12-15H,3-11H2,1-2H3. The highest BCUT2D eigenvalue weighted by molar-refractivity contribution is 4.79. The van der Waals surface area contributed by atoms with Crippen LogP contribution in [0.25, 0.3) is 0 Å². The molecule has 2 fully saturated rings. The van der Waals surface area contributed by atoms with Crippen molar-refractivity contribution >= 4 is 0 Å². The van der Waals surface area contributed by atoms with Gasteiger partial charge in [-0.25, -0.2) is 0 Å². The molecule has 2 saturated carbocycles. The van der Waals surface area contributed by atoms with E-state index in [2.05, 4.69) is 13.8 Å². The van der Waals surface area contributed by atoms with Crippen molar-refractivity contribution in [1.29, 1.82) is 0 Å². The zero-order chi connectivity index (χ0) is 11.4. The molecule has 1 nitrogen and oxygen atoms in total. The fraction of sp³-hybridized carbons (Fsp3) is 1.00. The number of ether oxygens (including phenoxy) is 1. The van der Waals surface area contributed by atoms with E-state index in [1.807, 2.05) is 0 Å². The quantitative estimate of drug-likeness (QED) is 0.683. The largest absolute Gasteiger partial charge is 0.375 e. The molecule has 0 heterocycles. The smallest absolute Gasteiger partial charge is 0.0604 e. The Morgan fingerprint density at radius 1 is 1.00 bits per heavy atom. The number of rotatable bonds is 3. The molecule has 0 spiro atoms. The molecule has 0 bridgehead atoms. The maximum Gasteiger partial charge on any atom is 0.0604 e. The number of hydrogen-bond donors (Lipinski definition) is 0. The van der Waals surface area contributed by atoms with Gasteiger partial charge in [0.25, 0.3) is 0 Å². The van der Waals surface area contributed by atoms with Gasteiger partial charge < -0.3 is 4.74 Å². The second-order valence-electron chi connectivity index (χ2n) is 6.00. The predicted molar refractivity (Wildman–Crippen MR) is 68.5 cm³/mol. The first-order chi connectivity index (χ1) is 7.79. The maximum atomic E-state index is 6.34. The Morgan fingerprint density at radius 2 is 1.75 bits per heavy atom. The number of hydrogen-bond acceptors (Lipinski definition) is 1. The maximum absolute atomic E-state index is 6.34. The SMILES string of the molecule is CCC1CCC(OC2CCCCC2)C(C)C1. The summed E-state index contributed by atoms with van der Waals surface area (Å²) in [6.45, 7) is 4.73. The molecule has 2 aliphatic rings. The van der Waals surface area contributed by atoms with Gasteiger partial charge in [-0.15, -0.1) is 0 Å². The first-order valence-corrected chi connectivity index (χ1v) is 7.45. The van der Waals surface area contributed by atoms with Crippen LogP contribution in [-0.2, 0) is 4.74 Å².